The van der Waals surface area contributed by atoms with Crippen molar-refractivity contribution in [2.24, 2.45) is 0 Å². The minimum absolute atomic E-state index is 0.0214. The molecule has 1 heterocycles. The van der Waals surface area contributed by atoms with Crippen molar-refractivity contribution in [3.05, 3.63) is 62.7 Å². The third-order valence-electron chi connectivity index (χ3n) is 4.59. The summed E-state index contributed by atoms with van der Waals surface area (Å²) in [6.45, 7) is 2.24. The summed E-state index contributed by atoms with van der Waals surface area (Å²) < 4.78 is 23.9. The van der Waals surface area contributed by atoms with Gasteiger partial charge in [-0.15, -0.1) is 0 Å². The van der Waals surface area contributed by atoms with E-state index < -0.39 is 25.4 Å². The van der Waals surface area contributed by atoms with E-state index in [4.69, 9.17) is 0 Å². The molecule has 2 aromatic carbocycles. The summed E-state index contributed by atoms with van der Waals surface area (Å²) >= 11 is 0. The van der Waals surface area contributed by atoms with Crippen LogP contribution in [0.2, 0.25) is 0 Å². The Bertz CT molecular complexity index is 1030. The highest BCUT2D eigenvalue weighted by Gasteiger charge is 2.25. The first-order valence-corrected chi connectivity index (χ1v) is 10.3. The summed E-state index contributed by atoms with van der Waals surface area (Å²) in [5.74, 6) is 0. The van der Waals surface area contributed by atoms with E-state index in [1.165, 1.54) is 30.3 Å². The molecule has 0 spiro atoms. The van der Waals surface area contributed by atoms with E-state index in [9.17, 15) is 28.6 Å². The van der Waals surface area contributed by atoms with E-state index in [-0.39, 0.29) is 10.6 Å². The average molecular weight is 406 g/mol. The molecule has 1 fully saturated rings. The van der Waals surface area contributed by atoms with Gasteiger partial charge in [0.2, 0.25) is 0 Å². The molecule has 0 aromatic heterocycles. The van der Waals surface area contributed by atoms with Crippen LogP contribution in [0.4, 0.5) is 22.7 Å². The average Bonchev–Trinajstić information content (AvgIpc) is 2.67. The molecule has 2 aromatic rings. The van der Waals surface area contributed by atoms with Crippen molar-refractivity contribution in [1.82, 2.24) is 0 Å². The fraction of sp³-hybridized carbons (Fsp3) is 0.294. The molecule has 0 amide bonds. The highest BCUT2D eigenvalue weighted by Crippen LogP contribution is 2.30. The number of nitro groups is 2. The lowest BCUT2D eigenvalue weighted by atomic mass is 10.2. The number of piperazine rings is 1. The van der Waals surface area contributed by atoms with Crippen molar-refractivity contribution < 1.29 is 18.3 Å². The molecule has 28 heavy (non-hydrogen) atoms. The summed E-state index contributed by atoms with van der Waals surface area (Å²) in [5.41, 5.74) is 0.911. The van der Waals surface area contributed by atoms with Gasteiger partial charge in [0.05, 0.1) is 9.85 Å². The molecule has 0 atom stereocenters. The van der Waals surface area contributed by atoms with Crippen LogP contribution < -0.4 is 9.80 Å². The molecule has 0 radical (unpaired) electrons. The molecule has 0 aliphatic carbocycles. The van der Waals surface area contributed by atoms with Gasteiger partial charge in [0.15, 0.2) is 9.84 Å². The van der Waals surface area contributed by atoms with Gasteiger partial charge in [-0.2, -0.15) is 0 Å². The van der Waals surface area contributed by atoms with Gasteiger partial charge < -0.3 is 9.80 Å². The summed E-state index contributed by atoms with van der Waals surface area (Å²) in [6.07, 6.45) is 0.944. The lowest BCUT2D eigenvalue weighted by Gasteiger charge is -2.37. The number of nitro benzene ring substituents is 2. The van der Waals surface area contributed by atoms with Crippen LogP contribution in [0.25, 0.3) is 0 Å². The fourth-order valence-corrected chi connectivity index (χ4v) is 4.03. The molecule has 0 bridgehead atoms. The Morgan fingerprint density at radius 2 is 1.43 bits per heavy atom. The highest BCUT2D eigenvalue weighted by atomic mass is 32.2. The van der Waals surface area contributed by atoms with Gasteiger partial charge in [-0.3, -0.25) is 20.2 Å². The molecule has 1 aliphatic rings. The van der Waals surface area contributed by atoms with E-state index in [2.05, 4.69) is 0 Å². The maximum Gasteiger partial charge on any atom is 0.288 e. The van der Waals surface area contributed by atoms with Crippen LogP contribution in [0.3, 0.4) is 0 Å². The Balaban J connectivity index is 1.79. The van der Waals surface area contributed by atoms with E-state index in [0.29, 0.717) is 31.9 Å². The van der Waals surface area contributed by atoms with Crippen molar-refractivity contribution in [2.75, 3.05) is 42.2 Å². The predicted molar refractivity (Wildman–Crippen MR) is 104 cm³/mol. The molecular formula is C17H18N4O6S. The number of non-ortho nitro benzene ring substituents is 1. The first-order chi connectivity index (χ1) is 13.2. The normalized spacial score (nSPS) is 14.8. The number of rotatable bonds is 5. The number of hydrogen-bond acceptors (Lipinski definition) is 8. The summed E-state index contributed by atoms with van der Waals surface area (Å²) in [6, 6.07) is 10.5. The number of hydrogen-bond donors (Lipinski definition) is 0. The van der Waals surface area contributed by atoms with Gasteiger partial charge in [0.25, 0.3) is 11.4 Å². The number of anilines is 2. The number of benzene rings is 2. The molecule has 1 aliphatic heterocycles. The van der Waals surface area contributed by atoms with E-state index >= 15 is 0 Å². The van der Waals surface area contributed by atoms with Gasteiger partial charge in [0.1, 0.15) is 4.90 Å². The van der Waals surface area contributed by atoms with Gasteiger partial charge in [-0.1, -0.05) is 6.07 Å². The van der Waals surface area contributed by atoms with Gasteiger partial charge in [-0.25, -0.2) is 8.42 Å². The maximum absolute atomic E-state index is 11.9. The molecule has 3 rings (SSSR count). The van der Waals surface area contributed by atoms with E-state index in [1.807, 2.05) is 9.80 Å². The van der Waals surface area contributed by atoms with E-state index in [0.717, 1.165) is 11.9 Å². The van der Waals surface area contributed by atoms with Gasteiger partial charge >= 0.3 is 0 Å². The highest BCUT2D eigenvalue weighted by molar-refractivity contribution is 7.90. The maximum atomic E-state index is 11.9. The molecule has 0 saturated carbocycles. The molecule has 0 N–H and O–H groups in total. The van der Waals surface area contributed by atoms with Gasteiger partial charge in [0, 0.05) is 62.0 Å². The van der Waals surface area contributed by atoms with Crippen LogP contribution in [0.5, 0.6) is 0 Å². The Hall–Kier alpha value is -3.21. The van der Waals surface area contributed by atoms with E-state index in [1.54, 1.807) is 12.1 Å². The van der Waals surface area contributed by atoms with Crippen molar-refractivity contribution in [3.63, 3.8) is 0 Å². The Labute approximate surface area is 161 Å². The quantitative estimate of drug-likeness (QED) is 0.546. The molecule has 0 unspecified atom stereocenters. The first-order valence-electron chi connectivity index (χ1n) is 8.39. The van der Waals surface area contributed by atoms with Crippen LogP contribution in [-0.4, -0.2) is 50.7 Å². The topological polar surface area (TPSA) is 127 Å². The minimum atomic E-state index is -3.75. The summed E-state index contributed by atoms with van der Waals surface area (Å²) in [7, 11) is -3.75. The standard InChI is InChI=1S/C17H18N4O6S/c1-28(26,27)17-12-14(5-6-16(17)21(24)25)19-9-7-18(8-10-19)13-3-2-4-15(11-13)20(22)23/h2-6,11-12H,7-10H2,1H3. The second-order valence-electron chi connectivity index (χ2n) is 6.43. The van der Waals surface area contributed by atoms with Crippen LogP contribution in [0.1, 0.15) is 0 Å². The van der Waals surface area contributed by atoms with Crippen molar-refractivity contribution >= 4 is 32.6 Å². The predicted octanol–water partition coefficient (Wildman–Crippen LogP) is 2.23. The Morgan fingerprint density at radius 3 is 1.93 bits per heavy atom. The molecule has 11 heteroatoms. The SMILES string of the molecule is CS(=O)(=O)c1cc(N2CCN(c3cccc([N+](=O)[O-])c3)CC2)ccc1[N+](=O)[O-]. The second-order valence-corrected chi connectivity index (χ2v) is 8.42. The van der Waals surface area contributed by atoms with Crippen molar-refractivity contribution in [2.45, 2.75) is 4.90 Å². The van der Waals surface area contributed by atoms with Crippen LogP contribution in [0, 0.1) is 20.2 Å². The van der Waals surface area contributed by atoms with Crippen LogP contribution in [-0.2, 0) is 9.84 Å². The zero-order valence-corrected chi connectivity index (χ0v) is 15.8. The summed E-state index contributed by atoms with van der Waals surface area (Å²) in [4.78, 5) is 24.5. The van der Waals surface area contributed by atoms with Crippen molar-refractivity contribution in [1.29, 1.82) is 0 Å². The summed E-state index contributed by atoms with van der Waals surface area (Å²) in [5, 5.41) is 22.0. The first kappa shape index (κ1) is 19.5. The second kappa shape index (κ2) is 7.43. The van der Waals surface area contributed by atoms with Crippen LogP contribution >= 0.6 is 0 Å². The lowest BCUT2D eigenvalue weighted by molar-refractivity contribution is -0.387. The Morgan fingerprint density at radius 1 is 0.857 bits per heavy atom. The lowest BCUT2D eigenvalue weighted by Crippen LogP contribution is -2.46. The smallest absolute Gasteiger partial charge is 0.288 e. The third kappa shape index (κ3) is 4.03. The Kier molecular flexibility index (Phi) is 5.18. The molecule has 148 valence electrons. The monoisotopic (exact) mass is 406 g/mol. The molecule has 1 saturated heterocycles. The zero-order chi connectivity index (χ0) is 20.5. The van der Waals surface area contributed by atoms with Crippen molar-refractivity contribution in [3.8, 4) is 0 Å². The van der Waals surface area contributed by atoms with Crippen LogP contribution in [0.15, 0.2) is 47.4 Å². The minimum Gasteiger partial charge on any atom is -0.368 e. The zero-order valence-electron chi connectivity index (χ0n) is 15.0. The fourth-order valence-electron chi connectivity index (χ4n) is 3.17. The molecular weight excluding hydrogens is 388 g/mol. The largest absolute Gasteiger partial charge is 0.368 e. The third-order valence-corrected chi connectivity index (χ3v) is 5.72. The molecule has 10 nitrogen and oxygen atoms in total. The van der Waals surface area contributed by atoms with Gasteiger partial charge in [-0.05, 0) is 18.2 Å². The number of sulfone groups is 1. The number of nitrogens with zero attached hydrogens (tertiary/aromatic N) is 4.